The third-order valence-corrected chi connectivity index (χ3v) is 3.70. The van der Waals surface area contributed by atoms with Crippen molar-refractivity contribution < 1.29 is 14.3 Å². The van der Waals surface area contributed by atoms with Gasteiger partial charge in [0.05, 0.1) is 19.1 Å². The molecule has 2 aliphatic rings. The minimum absolute atomic E-state index is 0.0488. The Balaban J connectivity index is 1.52. The third-order valence-electron chi connectivity index (χ3n) is 3.70. The minimum Gasteiger partial charge on any atom is -0.381 e. The summed E-state index contributed by atoms with van der Waals surface area (Å²) >= 11 is 0. The molecule has 1 heterocycles. The standard InChI is InChI=1S/C14H26N2O3/c1-2-15-13-10-19-9-12(13)14(17)16-6-3-7-18-8-11-4-5-11/h11-13,15H,2-10H2,1H3,(H,16,17). The quantitative estimate of drug-likeness (QED) is 0.601. The highest BCUT2D eigenvalue weighted by molar-refractivity contribution is 5.79. The Labute approximate surface area is 115 Å². The smallest absolute Gasteiger partial charge is 0.227 e. The van der Waals surface area contributed by atoms with Crippen molar-refractivity contribution in [3.05, 3.63) is 0 Å². The number of nitrogens with one attached hydrogen (secondary N) is 2. The zero-order valence-corrected chi connectivity index (χ0v) is 11.8. The molecular weight excluding hydrogens is 244 g/mol. The molecule has 2 fully saturated rings. The van der Waals surface area contributed by atoms with Crippen LogP contribution >= 0.6 is 0 Å². The Morgan fingerprint density at radius 1 is 1.37 bits per heavy atom. The van der Waals surface area contributed by atoms with Crippen LogP contribution in [0.1, 0.15) is 26.2 Å². The molecule has 5 nitrogen and oxygen atoms in total. The molecule has 0 aromatic carbocycles. The predicted molar refractivity (Wildman–Crippen MR) is 72.9 cm³/mol. The van der Waals surface area contributed by atoms with Gasteiger partial charge in [-0.15, -0.1) is 0 Å². The van der Waals surface area contributed by atoms with E-state index in [-0.39, 0.29) is 17.9 Å². The number of carbonyl (C=O) groups is 1. The Morgan fingerprint density at radius 2 is 2.21 bits per heavy atom. The van der Waals surface area contributed by atoms with E-state index in [1.807, 2.05) is 6.92 Å². The zero-order chi connectivity index (χ0) is 13.5. The molecule has 110 valence electrons. The van der Waals surface area contributed by atoms with E-state index >= 15 is 0 Å². The minimum atomic E-state index is -0.0488. The molecule has 2 atom stereocenters. The summed E-state index contributed by atoms with van der Waals surface area (Å²) in [5.41, 5.74) is 0. The van der Waals surface area contributed by atoms with Gasteiger partial charge in [-0.3, -0.25) is 4.79 Å². The van der Waals surface area contributed by atoms with Crippen molar-refractivity contribution in [2.24, 2.45) is 11.8 Å². The highest BCUT2D eigenvalue weighted by Crippen LogP contribution is 2.28. The molecule has 1 saturated carbocycles. The fourth-order valence-corrected chi connectivity index (χ4v) is 2.33. The Kier molecular flexibility index (Phi) is 6.07. The summed E-state index contributed by atoms with van der Waals surface area (Å²) in [4.78, 5) is 12.0. The summed E-state index contributed by atoms with van der Waals surface area (Å²) in [6.45, 7) is 6.41. The molecule has 0 spiro atoms. The monoisotopic (exact) mass is 270 g/mol. The van der Waals surface area contributed by atoms with Gasteiger partial charge in [0, 0.05) is 25.8 Å². The average Bonchev–Trinajstić information content (AvgIpc) is 3.11. The molecule has 2 unspecified atom stereocenters. The van der Waals surface area contributed by atoms with Gasteiger partial charge < -0.3 is 20.1 Å². The summed E-state index contributed by atoms with van der Waals surface area (Å²) in [6, 6.07) is 0.163. The van der Waals surface area contributed by atoms with Gasteiger partial charge in [0.15, 0.2) is 0 Å². The van der Waals surface area contributed by atoms with Crippen LogP contribution in [0.4, 0.5) is 0 Å². The zero-order valence-electron chi connectivity index (χ0n) is 11.8. The van der Waals surface area contributed by atoms with Gasteiger partial charge in [0.1, 0.15) is 0 Å². The average molecular weight is 270 g/mol. The van der Waals surface area contributed by atoms with Crippen LogP contribution in [-0.4, -0.2) is 51.5 Å². The molecule has 1 aliphatic carbocycles. The molecule has 0 aromatic heterocycles. The topological polar surface area (TPSA) is 59.6 Å². The van der Waals surface area contributed by atoms with Crippen LogP contribution in [-0.2, 0) is 14.3 Å². The maximum atomic E-state index is 12.0. The predicted octanol–water partition coefficient (Wildman–Crippen LogP) is 0.544. The van der Waals surface area contributed by atoms with Crippen molar-refractivity contribution in [1.29, 1.82) is 0 Å². The van der Waals surface area contributed by atoms with Crippen LogP contribution in [0.5, 0.6) is 0 Å². The molecule has 1 amide bonds. The number of ether oxygens (including phenoxy) is 2. The second kappa shape index (κ2) is 7.82. The van der Waals surface area contributed by atoms with E-state index in [4.69, 9.17) is 9.47 Å². The lowest BCUT2D eigenvalue weighted by Gasteiger charge is -2.17. The fourth-order valence-electron chi connectivity index (χ4n) is 2.33. The molecule has 0 radical (unpaired) electrons. The molecule has 0 aromatic rings. The molecular formula is C14H26N2O3. The molecule has 0 bridgehead atoms. The second-order valence-corrected chi connectivity index (χ2v) is 5.47. The van der Waals surface area contributed by atoms with E-state index in [2.05, 4.69) is 10.6 Å². The van der Waals surface area contributed by atoms with Crippen molar-refractivity contribution in [1.82, 2.24) is 10.6 Å². The van der Waals surface area contributed by atoms with Gasteiger partial charge >= 0.3 is 0 Å². The van der Waals surface area contributed by atoms with E-state index in [0.29, 0.717) is 19.8 Å². The van der Waals surface area contributed by atoms with Crippen LogP contribution in [0.25, 0.3) is 0 Å². The highest BCUT2D eigenvalue weighted by atomic mass is 16.5. The Bertz CT molecular complexity index is 282. The number of likely N-dealkylation sites (N-methyl/N-ethyl adjacent to an activating group) is 1. The lowest BCUT2D eigenvalue weighted by Crippen LogP contribution is -2.44. The lowest BCUT2D eigenvalue weighted by molar-refractivity contribution is -0.125. The first-order valence-electron chi connectivity index (χ1n) is 7.47. The number of hydrogen-bond donors (Lipinski definition) is 2. The van der Waals surface area contributed by atoms with Crippen molar-refractivity contribution in [3.8, 4) is 0 Å². The first-order chi connectivity index (χ1) is 9.31. The van der Waals surface area contributed by atoms with E-state index in [0.717, 1.165) is 32.1 Å². The van der Waals surface area contributed by atoms with Crippen molar-refractivity contribution >= 4 is 5.91 Å². The van der Waals surface area contributed by atoms with Gasteiger partial charge in [-0.05, 0) is 31.7 Å². The first kappa shape index (κ1) is 14.8. The van der Waals surface area contributed by atoms with Crippen LogP contribution in [0, 0.1) is 11.8 Å². The van der Waals surface area contributed by atoms with Crippen LogP contribution in [0.3, 0.4) is 0 Å². The number of hydrogen-bond acceptors (Lipinski definition) is 4. The largest absolute Gasteiger partial charge is 0.381 e. The van der Waals surface area contributed by atoms with Crippen LogP contribution in [0.15, 0.2) is 0 Å². The summed E-state index contributed by atoms with van der Waals surface area (Å²) in [5, 5.41) is 6.27. The molecule has 2 N–H and O–H groups in total. The van der Waals surface area contributed by atoms with Crippen LogP contribution < -0.4 is 10.6 Å². The molecule has 1 aliphatic heterocycles. The van der Waals surface area contributed by atoms with Crippen molar-refractivity contribution in [2.75, 3.05) is 39.5 Å². The van der Waals surface area contributed by atoms with Gasteiger partial charge in [-0.25, -0.2) is 0 Å². The maximum Gasteiger partial charge on any atom is 0.227 e. The van der Waals surface area contributed by atoms with Crippen molar-refractivity contribution in [2.45, 2.75) is 32.2 Å². The highest BCUT2D eigenvalue weighted by Gasteiger charge is 2.33. The summed E-state index contributed by atoms with van der Waals surface area (Å²) in [6.07, 6.45) is 3.53. The van der Waals surface area contributed by atoms with Gasteiger partial charge in [0.2, 0.25) is 5.91 Å². The Morgan fingerprint density at radius 3 is 2.95 bits per heavy atom. The van der Waals surface area contributed by atoms with Gasteiger partial charge in [-0.2, -0.15) is 0 Å². The molecule has 5 heteroatoms. The molecule has 1 saturated heterocycles. The van der Waals surface area contributed by atoms with Crippen LogP contribution in [0.2, 0.25) is 0 Å². The summed E-state index contributed by atoms with van der Waals surface area (Å²) in [7, 11) is 0. The summed E-state index contributed by atoms with van der Waals surface area (Å²) in [5.74, 6) is 0.865. The van der Waals surface area contributed by atoms with E-state index in [1.165, 1.54) is 12.8 Å². The number of carbonyl (C=O) groups excluding carboxylic acids is 1. The SMILES string of the molecule is CCNC1COCC1C(=O)NCCCOCC1CC1. The van der Waals surface area contributed by atoms with E-state index in [9.17, 15) is 4.79 Å². The van der Waals surface area contributed by atoms with E-state index < -0.39 is 0 Å². The van der Waals surface area contributed by atoms with Gasteiger partial charge in [0.25, 0.3) is 0 Å². The third kappa shape index (κ3) is 5.09. The summed E-state index contributed by atoms with van der Waals surface area (Å²) < 4.78 is 10.9. The van der Waals surface area contributed by atoms with Crippen molar-refractivity contribution in [3.63, 3.8) is 0 Å². The normalized spacial score (nSPS) is 26.6. The lowest BCUT2D eigenvalue weighted by atomic mass is 10.0. The maximum absolute atomic E-state index is 12.0. The second-order valence-electron chi connectivity index (χ2n) is 5.47. The molecule has 19 heavy (non-hydrogen) atoms. The Hall–Kier alpha value is -0.650. The van der Waals surface area contributed by atoms with Gasteiger partial charge in [-0.1, -0.05) is 6.92 Å². The number of rotatable bonds is 9. The van der Waals surface area contributed by atoms with E-state index in [1.54, 1.807) is 0 Å². The first-order valence-corrected chi connectivity index (χ1v) is 7.47. The fraction of sp³-hybridized carbons (Fsp3) is 0.929. The molecule has 2 rings (SSSR count). The number of amides is 1.